The second kappa shape index (κ2) is 4.30. The zero-order chi connectivity index (χ0) is 7.28. The van der Waals surface area contributed by atoms with E-state index in [0.717, 1.165) is 12.7 Å². The first-order valence-electron chi connectivity index (χ1n) is 3.25. The van der Waals surface area contributed by atoms with Crippen molar-refractivity contribution in [3.8, 4) is 0 Å². The Balaban J connectivity index is 3.62. The number of carbonyl (C=O) groups excluding carboxylic acids is 1. The average molecular weight is 126 g/mol. The van der Waals surface area contributed by atoms with E-state index in [0.29, 0.717) is 6.42 Å². The minimum absolute atomic E-state index is 0.664. The first-order chi connectivity index (χ1) is 4.18. The standard InChI is InChI=1S/C8H14O/c1-7(2)8(3)5-4-6-9/h6H,4-5H2,1-3H3. The summed E-state index contributed by atoms with van der Waals surface area (Å²) in [5, 5.41) is 0. The summed E-state index contributed by atoms with van der Waals surface area (Å²) in [7, 11) is 0. The summed E-state index contributed by atoms with van der Waals surface area (Å²) < 4.78 is 0. The normalized spacial score (nSPS) is 8.78. The van der Waals surface area contributed by atoms with Gasteiger partial charge in [-0.1, -0.05) is 11.1 Å². The number of aldehydes is 1. The molecule has 0 fully saturated rings. The summed E-state index contributed by atoms with van der Waals surface area (Å²) in [6.07, 6.45) is 2.55. The van der Waals surface area contributed by atoms with E-state index in [9.17, 15) is 4.79 Å². The fourth-order valence-corrected chi connectivity index (χ4v) is 0.525. The van der Waals surface area contributed by atoms with Gasteiger partial charge in [0.1, 0.15) is 6.29 Å². The van der Waals surface area contributed by atoms with Crippen molar-refractivity contribution < 1.29 is 4.79 Å². The smallest absolute Gasteiger partial charge is 0.120 e. The molecule has 0 aromatic heterocycles. The molecule has 0 atom stereocenters. The lowest BCUT2D eigenvalue weighted by atomic mass is 10.1. The third kappa shape index (κ3) is 3.95. The van der Waals surface area contributed by atoms with Crippen LogP contribution in [0.25, 0.3) is 0 Å². The molecule has 0 aromatic carbocycles. The van der Waals surface area contributed by atoms with E-state index >= 15 is 0 Å². The van der Waals surface area contributed by atoms with Gasteiger partial charge in [-0.25, -0.2) is 0 Å². The summed E-state index contributed by atoms with van der Waals surface area (Å²) in [4.78, 5) is 9.91. The van der Waals surface area contributed by atoms with E-state index < -0.39 is 0 Å². The average Bonchev–Trinajstić information content (AvgIpc) is 1.82. The van der Waals surface area contributed by atoms with E-state index in [1.807, 2.05) is 0 Å². The maximum Gasteiger partial charge on any atom is 0.120 e. The molecule has 1 heteroatoms. The Morgan fingerprint density at radius 1 is 1.33 bits per heavy atom. The van der Waals surface area contributed by atoms with Gasteiger partial charge in [-0.15, -0.1) is 0 Å². The Labute approximate surface area is 56.8 Å². The molecule has 9 heavy (non-hydrogen) atoms. The molecule has 0 aliphatic heterocycles. The molecular weight excluding hydrogens is 112 g/mol. The maximum absolute atomic E-state index is 9.91. The van der Waals surface area contributed by atoms with Crippen LogP contribution in [0.4, 0.5) is 0 Å². The molecule has 0 N–H and O–H groups in total. The third-order valence-electron chi connectivity index (χ3n) is 1.49. The van der Waals surface area contributed by atoms with Gasteiger partial charge in [0.05, 0.1) is 0 Å². The fraction of sp³-hybridized carbons (Fsp3) is 0.625. The van der Waals surface area contributed by atoms with Gasteiger partial charge in [-0.2, -0.15) is 0 Å². The van der Waals surface area contributed by atoms with Crippen LogP contribution in [-0.2, 0) is 4.79 Å². The second-order valence-corrected chi connectivity index (χ2v) is 2.49. The number of hydrogen-bond acceptors (Lipinski definition) is 1. The highest BCUT2D eigenvalue weighted by atomic mass is 16.1. The minimum Gasteiger partial charge on any atom is -0.303 e. The molecule has 52 valence electrons. The van der Waals surface area contributed by atoms with Crippen LogP contribution in [0.1, 0.15) is 33.6 Å². The molecule has 1 nitrogen and oxygen atoms in total. The lowest BCUT2D eigenvalue weighted by Crippen LogP contribution is -1.81. The number of carbonyl (C=O) groups is 1. The van der Waals surface area contributed by atoms with E-state index in [4.69, 9.17) is 0 Å². The molecule has 0 saturated carbocycles. The van der Waals surface area contributed by atoms with Crippen molar-refractivity contribution in [1.29, 1.82) is 0 Å². The molecule has 0 aliphatic carbocycles. The fourth-order valence-electron chi connectivity index (χ4n) is 0.525. The number of rotatable bonds is 3. The van der Waals surface area contributed by atoms with Crippen molar-refractivity contribution >= 4 is 6.29 Å². The maximum atomic E-state index is 9.91. The molecule has 0 aliphatic rings. The minimum atomic E-state index is 0.664. The van der Waals surface area contributed by atoms with Gasteiger partial charge >= 0.3 is 0 Å². The zero-order valence-electron chi connectivity index (χ0n) is 6.40. The van der Waals surface area contributed by atoms with Crippen molar-refractivity contribution in [3.63, 3.8) is 0 Å². The van der Waals surface area contributed by atoms with E-state index in [-0.39, 0.29) is 0 Å². The lowest BCUT2D eigenvalue weighted by molar-refractivity contribution is -0.107. The Kier molecular flexibility index (Phi) is 4.02. The topological polar surface area (TPSA) is 17.1 Å². The Morgan fingerprint density at radius 3 is 2.22 bits per heavy atom. The molecule has 0 radical (unpaired) electrons. The van der Waals surface area contributed by atoms with Gasteiger partial charge < -0.3 is 4.79 Å². The summed E-state index contributed by atoms with van der Waals surface area (Å²) in [5.74, 6) is 0. The van der Waals surface area contributed by atoms with E-state index in [1.54, 1.807) is 0 Å². The molecule has 0 bridgehead atoms. The van der Waals surface area contributed by atoms with E-state index in [2.05, 4.69) is 20.8 Å². The van der Waals surface area contributed by atoms with Crippen LogP contribution in [-0.4, -0.2) is 6.29 Å². The van der Waals surface area contributed by atoms with Crippen LogP contribution in [0.3, 0.4) is 0 Å². The monoisotopic (exact) mass is 126 g/mol. The number of allylic oxidation sites excluding steroid dienone is 2. The predicted molar refractivity (Wildman–Crippen MR) is 39.3 cm³/mol. The van der Waals surface area contributed by atoms with Gasteiger partial charge in [0.25, 0.3) is 0 Å². The molecule has 0 rings (SSSR count). The van der Waals surface area contributed by atoms with Crippen LogP contribution >= 0.6 is 0 Å². The van der Waals surface area contributed by atoms with E-state index in [1.165, 1.54) is 11.1 Å². The van der Waals surface area contributed by atoms with Crippen molar-refractivity contribution in [2.45, 2.75) is 33.6 Å². The van der Waals surface area contributed by atoms with Crippen LogP contribution in [0.2, 0.25) is 0 Å². The molecule has 0 amide bonds. The molecule has 0 spiro atoms. The second-order valence-electron chi connectivity index (χ2n) is 2.49. The highest BCUT2D eigenvalue weighted by Crippen LogP contribution is 2.07. The third-order valence-corrected chi connectivity index (χ3v) is 1.49. The van der Waals surface area contributed by atoms with Gasteiger partial charge in [0, 0.05) is 6.42 Å². The Bertz CT molecular complexity index is 119. The predicted octanol–water partition coefficient (Wildman–Crippen LogP) is 2.32. The molecule has 0 heterocycles. The zero-order valence-corrected chi connectivity index (χ0v) is 6.40. The van der Waals surface area contributed by atoms with Crippen LogP contribution in [0, 0.1) is 0 Å². The summed E-state index contributed by atoms with van der Waals surface area (Å²) in [5.41, 5.74) is 2.67. The van der Waals surface area contributed by atoms with Crippen molar-refractivity contribution in [1.82, 2.24) is 0 Å². The van der Waals surface area contributed by atoms with Crippen LogP contribution in [0.15, 0.2) is 11.1 Å². The molecular formula is C8H14O. The summed E-state index contributed by atoms with van der Waals surface area (Å²) in [6, 6.07) is 0. The number of hydrogen-bond donors (Lipinski definition) is 0. The highest BCUT2D eigenvalue weighted by Gasteiger charge is 1.89. The van der Waals surface area contributed by atoms with Crippen molar-refractivity contribution in [2.24, 2.45) is 0 Å². The molecule has 0 aromatic rings. The summed E-state index contributed by atoms with van der Waals surface area (Å²) >= 11 is 0. The Hall–Kier alpha value is -0.590. The Morgan fingerprint density at radius 2 is 1.89 bits per heavy atom. The van der Waals surface area contributed by atoms with Gasteiger partial charge in [0.2, 0.25) is 0 Å². The van der Waals surface area contributed by atoms with Crippen molar-refractivity contribution in [2.75, 3.05) is 0 Å². The quantitative estimate of drug-likeness (QED) is 0.419. The first kappa shape index (κ1) is 8.41. The van der Waals surface area contributed by atoms with Crippen LogP contribution < -0.4 is 0 Å². The molecule has 0 unspecified atom stereocenters. The largest absolute Gasteiger partial charge is 0.303 e. The molecule has 0 saturated heterocycles. The SMILES string of the molecule is CC(C)=C(C)CCC=O. The lowest BCUT2D eigenvalue weighted by Gasteiger charge is -1.97. The van der Waals surface area contributed by atoms with Crippen LogP contribution in [0.5, 0.6) is 0 Å². The first-order valence-corrected chi connectivity index (χ1v) is 3.25. The van der Waals surface area contributed by atoms with Gasteiger partial charge in [-0.3, -0.25) is 0 Å². The van der Waals surface area contributed by atoms with Crippen molar-refractivity contribution in [3.05, 3.63) is 11.1 Å². The van der Waals surface area contributed by atoms with Gasteiger partial charge in [-0.05, 0) is 27.2 Å². The highest BCUT2D eigenvalue weighted by molar-refractivity contribution is 5.49. The van der Waals surface area contributed by atoms with Gasteiger partial charge in [0.15, 0.2) is 0 Å². The summed E-state index contributed by atoms with van der Waals surface area (Å²) in [6.45, 7) is 6.21.